The van der Waals surface area contributed by atoms with Gasteiger partial charge in [-0.05, 0) is 69.9 Å². The first-order chi connectivity index (χ1) is 15.7. The molecule has 33 heavy (non-hydrogen) atoms. The Morgan fingerprint density at radius 3 is 2.21 bits per heavy atom. The van der Waals surface area contributed by atoms with Gasteiger partial charge in [0.15, 0.2) is 0 Å². The molecule has 7 nitrogen and oxygen atoms in total. The molecule has 2 aromatic carbocycles. The van der Waals surface area contributed by atoms with E-state index in [2.05, 4.69) is 10.6 Å². The van der Waals surface area contributed by atoms with Crippen molar-refractivity contribution >= 4 is 17.7 Å². The summed E-state index contributed by atoms with van der Waals surface area (Å²) in [6.45, 7) is 6.98. The zero-order valence-electron chi connectivity index (χ0n) is 20.0. The number of ether oxygens (including phenoxy) is 2. The van der Waals surface area contributed by atoms with Crippen LogP contribution in [-0.4, -0.2) is 54.8 Å². The van der Waals surface area contributed by atoms with Crippen molar-refractivity contribution < 1.29 is 19.1 Å². The second kappa shape index (κ2) is 10.6. The first-order valence-electron chi connectivity index (χ1n) is 11.4. The minimum Gasteiger partial charge on any atom is -0.497 e. The summed E-state index contributed by atoms with van der Waals surface area (Å²) < 4.78 is 10.7. The fraction of sp³-hybridized carbons (Fsp3) is 0.462. The fourth-order valence-corrected chi connectivity index (χ4v) is 3.89. The molecule has 178 valence electrons. The zero-order valence-corrected chi connectivity index (χ0v) is 20.0. The number of piperidine rings is 1. The summed E-state index contributed by atoms with van der Waals surface area (Å²) in [7, 11) is 1.64. The Balaban J connectivity index is 1.65. The first-order valence-corrected chi connectivity index (χ1v) is 11.4. The van der Waals surface area contributed by atoms with Crippen LogP contribution in [-0.2, 0) is 16.0 Å². The van der Waals surface area contributed by atoms with Gasteiger partial charge in [-0.25, -0.2) is 4.79 Å². The van der Waals surface area contributed by atoms with Crippen LogP contribution in [0.15, 0.2) is 54.6 Å². The van der Waals surface area contributed by atoms with Crippen LogP contribution in [0.3, 0.4) is 0 Å². The van der Waals surface area contributed by atoms with Gasteiger partial charge < -0.3 is 25.0 Å². The van der Waals surface area contributed by atoms with E-state index in [1.807, 2.05) is 75.4 Å². The lowest BCUT2D eigenvalue weighted by Gasteiger charge is -2.41. The van der Waals surface area contributed by atoms with Crippen LogP contribution in [0.1, 0.15) is 39.2 Å². The second-order valence-corrected chi connectivity index (χ2v) is 9.39. The molecule has 0 saturated carbocycles. The average molecular weight is 454 g/mol. The van der Waals surface area contributed by atoms with Crippen molar-refractivity contribution in [3.8, 4) is 5.75 Å². The normalized spacial score (nSPS) is 15.5. The van der Waals surface area contributed by atoms with Gasteiger partial charge in [-0.1, -0.05) is 30.3 Å². The number of benzene rings is 2. The summed E-state index contributed by atoms with van der Waals surface area (Å²) in [5, 5.41) is 6.56. The monoisotopic (exact) mass is 453 g/mol. The number of carbonyl (C=O) groups excluding carboxylic acids is 2. The van der Waals surface area contributed by atoms with Crippen LogP contribution < -0.4 is 15.4 Å². The number of carbonyl (C=O) groups is 2. The minimum absolute atomic E-state index is 0.0521. The van der Waals surface area contributed by atoms with E-state index in [0.717, 1.165) is 23.4 Å². The molecule has 1 aliphatic heterocycles. The maximum absolute atomic E-state index is 13.4. The Kier molecular flexibility index (Phi) is 7.84. The summed E-state index contributed by atoms with van der Waals surface area (Å²) in [5.74, 6) is 0.759. The molecule has 1 aliphatic rings. The van der Waals surface area contributed by atoms with Crippen molar-refractivity contribution in [3.05, 3.63) is 60.2 Å². The quantitative estimate of drug-likeness (QED) is 0.656. The van der Waals surface area contributed by atoms with Gasteiger partial charge in [-0.3, -0.25) is 4.79 Å². The number of nitrogens with zero attached hydrogens (tertiary/aromatic N) is 1. The van der Waals surface area contributed by atoms with E-state index in [0.29, 0.717) is 32.5 Å². The van der Waals surface area contributed by atoms with Crippen molar-refractivity contribution in [1.29, 1.82) is 0 Å². The van der Waals surface area contributed by atoms with E-state index in [-0.39, 0.29) is 12.0 Å². The standard InChI is InChI=1S/C26H35N3O4/c1-25(2,3)33-24(31)29-18-15-26(16-19-29,28-21-8-6-5-7-9-21)23(30)27-17-14-20-10-12-22(32-4)13-11-20/h5-13,28H,14-19H2,1-4H3,(H,27,30). The van der Waals surface area contributed by atoms with E-state index in [1.54, 1.807) is 12.0 Å². The number of amides is 2. The minimum atomic E-state index is -0.792. The maximum Gasteiger partial charge on any atom is 0.410 e. The molecule has 0 aliphatic carbocycles. The molecule has 1 heterocycles. The lowest BCUT2D eigenvalue weighted by atomic mass is 9.86. The number of nitrogens with one attached hydrogen (secondary N) is 2. The van der Waals surface area contributed by atoms with E-state index in [1.165, 1.54) is 0 Å². The van der Waals surface area contributed by atoms with Crippen molar-refractivity contribution in [2.24, 2.45) is 0 Å². The third-order valence-electron chi connectivity index (χ3n) is 5.72. The highest BCUT2D eigenvalue weighted by molar-refractivity contribution is 5.90. The second-order valence-electron chi connectivity index (χ2n) is 9.39. The Labute approximate surface area is 196 Å². The van der Waals surface area contributed by atoms with Crippen LogP contribution in [0.4, 0.5) is 10.5 Å². The molecule has 0 unspecified atom stereocenters. The van der Waals surface area contributed by atoms with Gasteiger partial charge in [0.05, 0.1) is 7.11 Å². The summed E-state index contributed by atoms with van der Waals surface area (Å²) in [6, 6.07) is 17.6. The lowest BCUT2D eigenvalue weighted by Crippen LogP contribution is -2.59. The molecule has 0 bridgehead atoms. The Bertz CT molecular complexity index is 915. The number of anilines is 1. The van der Waals surface area contributed by atoms with Gasteiger partial charge >= 0.3 is 6.09 Å². The van der Waals surface area contributed by atoms with Crippen molar-refractivity contribution in [2.45, 2.75) is 51.2 Å². The van der Waals surface area contributed by atoms with Gasteiger partial charge in [-0.2, -0.15) is 0 Å². The summed E-state index contributed by atoms with van der Waals surface area (Å²) in [6.07, 6.45) is 1.38. The third-order valence-corrected chi connectivity index (χ3v) is 5.72. The highest BCUT2D eigenvalue weighted by Crippen LogP contribution is 2.28. The molecular weight excluding hydrogens is 418 g/mol. The first kappa shape index (κ1) is 24.4. The van der Waals surface area contributed by atoms with Crippen LogP contribution in [0.2, 0.25) is 0 Å². The van der Waals surface area contributed by atoms with Crippen LogP contribution in [0.5, 0.6) is 5.75 Å². The molecule has 2 amide bonds. The molecule has 1 saturated heterocycles. The Hall–Kier alpha value is -3.22. The number of hydrogen-bond acceptors (Lipinski definition) is 5. The van der Waals surface area contributed by atoms with Gasteiger partial charge in [-0.15, -0.1) is 0 Å². The van der Waals surface area contributed by atoms with Crippen LogP contribution in [0, 0.1) is 0 Å². The average Bonchev–Trinajstić information content (AvgIpc) is 2.79. The van der Waals surface area contributed by atoms with E-state index < -0.39 is 11.1 Å². The zero-order chi connectivity index (χ0) is 23.9. The molecule has 0 aromatic heterocycles. The van der Waals surface area contributed by atoms with Gasteiger partial charge in [0.1, 0.15) is 16.9 Å². The maximum atomic E-state index is 13.4. The van der Waals surface area contributed by atoms with E-state index in [9.17, 15) is 9.59 Å². The number of rotatable bonds is 7. The topological polar surface area (TPSA) is 79.9 Å². The highest BCUT2D eigenvalue weighted by atomic mass is 16.6. The fourth-order valence-electron chi connectivity index (χ4n) is 3.89. The summed E-state index contributed by atoms with van der Waals surface area (Å²) >= 11 is 0. The van der Waals surface area contributed by atoms with Crippen molar-refractivity contribution in [3.63, 3.8) is 0 Å². The third kappa shape index (κ3) is 6.88. The summed E-state index contributed by atoms with van der Waals surface area (Å²) in [5.41, 5.74) is 0.668. The van der Waals surface area contributed by atoms with E-state index in [4.69, 9.17) is 9.47 Å². The molecule has 0 radical (unpaired) electrons. The van der Waals surface area contributed by atoms with Crippen molar-refractivity contribution in [1.82, 2.24) is 10.2 Å². The summed E-state index contributed by atoms with van der Waals surface area (Å²) in [4.78, 5) is 27.6. The van der Waals surface area contributed by atoms with Crippen LogP contribution in [0.25, 0.3) is 0 Å². The molecule has 7 heteroatoms. The SMILES string of the molecule is COc1ccc(CCNC(=O)C2(Nc3ccccc3)CCN(C(=O)OC(C)(C)C)CC2)cc1. The number of methoxy groups -OCH3 is 1. The molecule has 3 rings (SSSR count). The lowest BCUT2D eigenvalue weighted by molar-refractivity contribution is -0.127. The predicted molar refractivity (Wildman–Crippen MR) is 130 cm³/mol. The van der Waals surface area contributed by atoms with Gasteiger partial charge in [0, 0.05) is 25.3 Å². The number of para-hydroxylation sites is 1. The van der Waals surface area contributed by atoms with Gasteiger partial charge in [0.2, 0.25) is 5.91 Å². The molecule has 0 atom stereocenters. The van der Waals surface area contributed by atoms with Crippen molar-refractivity contribution in [2.75, 3.05) is 32.1 Å². The van der Waals surface area contributed by atoms with E-state index >= 15 is 0 Å². The Morgan fingerprint density at radius 2 is 1.64 bits per heavy atom. The molecule has 2 N–H and O–H groups in total. The molecule has 1 fully saturated rings. The molecule has 2 aromatic rings. The van der Waals surface area contributed by atoms with Gasteiger partial charge in [0.25, 0.3) is 0 Å². The van der Waals surface area contributed by atoms with Crippen LogP contribution >= 0.6 is 0 Å². The molecular formula is C26H35N3O4. The number of likely N-dealkylation sites (tertiary alicyclic amines) is 1. The molecule has 0 spiro atoms. The number of hydrogen-bond donors (Lipinski definition) is 2. The smallest absolute Gasteiger partial charge is 0.410 e. The largest absolute Gasteiger partial charge is 0.497 e. The Morgan fingerprint density at radius 1 is 1.00 bits per heavy atom. The predicted octanol–water partition coefficient (Wildman–Crippen LogP) is 4.24. The highest BCUT2D eigenvalue weighted by Gasteiger charge is 2.43.